The summed E-state index contributed by atoms with van der Waals surface area (Å²) in [6, 6.07) is 5.70. The van der Waals surface area contributed by atoms with E-state index in [-0.39, 0.29) is 0 Å². The molecule has 1 atom stereocenters. The number of aryl methyl sites for hydroxylation is 1. The van der Waals surface area contributed by atoms with Gasteiger partial charge in [0.25, 0.3) is 0 Å². The Balaban J connectivity index is 2.57. The molecular weight excluding hydrogens is 234 g/mol. The smallest absolute Gasteiger partial charge is 0.0916 e. The normalized spacial score (nSPS) is 13.1. The minimum absolute atomic E-state index is 0.437. The van der Waals surface area contributed by atoms with Crippen molar-refractivity contribution in [2.75, 3.05) is 20.1 Å². The third-order valence-electron chi connectivity index (χ3n) is 2.94. The van der Waals surface area contributed by atoms with Crippen LogP contribution in [0.25, 0.3) is 0 Å². The second-order valence-electron chi connectivity index (χ2n) is 4.64. The Bertz CT molecular complexity index is 354. The molecule has 0 spiro atoms. The number of benzene rings is 1. The lowest BCUT2D eigenvalue weighted by Gasteiger charge is -2.20. The van der Waals surface area contributed by atoms with Crippen molar-refractivity contribution in [1.82, 2.24) is 4.90 Å². The van der Waals surface area contributed by atoms with Crippen molar-refractivity contribution < 1.29 is 5.11 Å². The largest absolute Gasteiger partial charge is 0.387 e. The molecule has 1 aromatic rings. The van der Waals surface area contributed by atoms with Crippen molar-refractivity contribution in [1.29, 1.82) is 0 Å². The maximum absolute atomic E-state index is 10.1. The Morgan fingerprint density at radius 1 is 1.41 bits per heavy atom. The molecule has 0 fully saturated rings. The summed E-state index contributed by atoms with van der Waals surface area (Å²) in [5, 5.41) is 10.9. The molecule has 96 valence electrons. The van der Waals surface area contributed by atoms with Gasteiger partial charge in [-0.2, -0.15) is 0 Å². The summed E-state index contributed by atoms with van der Waals surface area (Å²) in [5.41, 5.74) is 1.95. The number of likely N-dealkylation sites (N-methyl/N-ethyl adjacent to an activating group) is 1. The Morgan fingerprint density at radius 2 is 2.12 bits per heavy atom. The number of nitrogens with zero attached hydrogens (tertiary/aromatic N) is 1. The third-order valence-corrected chi connectivity index (χ3v) is 3.37. The van der Waals surface area contributed by atoms with E-state index in [0.29, 0.717) is 6.54 Å². The Labute approximate surface area is 109 Å². The molecule has 0 amide bonds. The van der Waals surface area contributed by atoms with Gasteiger partial charge in [0.1, 0.15) is 0 Å². The zero-order chi connectivity index (χ0) is 12.8. The van der Waals surface area contributed by atoms with E-state index in [1.165, 1.54) is 12.8 Å². The highest BCUT2D eigenvalue weighted by Gasteiger charge is 2.11. The molecule has 0 aliphatic rings. The van der Waals surface area contributed by atoms with Crippen molar-refractivity contribution >= 4 is 11.6 Å². The molecule has 1 unspecified atom stereocenters. The summed E-state index contributed by atoms with van der Waals surface area (Å²) < 4.78 is 0. The predicted molar refractivity (Wildman–Crippen MR) is 73.6 cm³/mol. The van der Waals surface area contributed by atoms with Crippen LogP contribution in [0, 0.1) is 6.92 Å². The predicted octanol–water partition coefficient (Wildman–Crippen LogP) is 3.41. The molecule has 3 heteroatoms. The van der Waals surface area contributed by atoms with E-state index in [1.54, 1.807) is 0 Å². The molecule has 0 aliphatic heterocycles. The van der Waals surface area contributed by atoms with E-state index in [1.807, 2.05) is 32.2 Å². The molecule has 0 radical (unpaired) electrons. The topological polar surface area (TPSA) is 23.5 Å². The van der Waals surface area contributed by atoms with Crippen LogP contribution < -0.4 is 0 Å². The first kappa shape index (κ1) is 14.5. The Morgan fingerprint density at radius 3 is 2.71 bits per heavy atom. The van der Waals surface area contributed by atoms with Crippen LogP contribution in [0.15, 0.2) is 18.2 Å². The third kappa shape index (κ3) is 4.66. The minimum atomic E-state index is -0.437. The SMILES string of the molecule is CCCCN(C)CC(O)c1ccc(Cl)c(C)c1. The standard InChI is InChI=1S/C14H22ClNO/c1-4-5-8-16(3)10-14(17)12-6-7-13(15)11(2)9-12/h6-7,9,14,17H,4-5,8,10H2,1-3H3. The lowest BCUT2D eigenvalue weighted by molar-refractivity contribution is 0.126. The number of hydrogen-bond acceptors (Lipinski definition) is 2. The van der Waals surface area contributed by atoms with Gasteiger partial charge in [0.2, 0.25) is 0 Å². The molecule has 0 saturated carbocycles. The quantitative estimate of drug-likeness (QED) is 0.842. The molecule has 1 N–H and O–H groups in total. The van der Waals surface area contributed by atoms with Gasteiger partial charge >= 0.3 is 0 Å². The van der Waals surface area contributed by atoms with Crippen molar-refractivity contribution in [3.8, 4) is 0 Å². The van der Waals surface area contributed by atoms with Crippen molar-refractivity contribution in [3.05, 3.63) is 34.3 Å². The Kier molecular flexibility index (Phi) is 5.96. The molecule has 17 heavy (non-hydrogen) atoms. The maximum atomic E-state index is 10.1. The number of rotatable bonds is 6. The zero-order valence-electron chi connectivity index (χ0n) is 10.9. The summed E-state index contributed by atoms with van der Waals surface area (Å²) in [6.07, 6.45) is 1.91. The van der Waals surface area contributed by atoms with E-state index < -0.39 is 6.10 Å². The summed E-state index contributed by atoms with van der Waals surface area (Å²) in [4.78, 5) is 2.16. The summed E-state index contributed by atoms with van der Waals surface area (Å²) >= 11 is 5.97. The van der Waals surface area contributed by atoms with Gasteiger partial charge in [0.05, 0.1) is 6.10 Å². The minimum Gasteiger partial charge on any atom is -0.387 e. The second-order valence-corrected chi connectivity index (χ2v) is 5.05. The number of halogens is 1. The van der Waals surface area contributed by atoms with Gasteiger partial charge < -0.3 is 10.0 Å². The van der Waals surface area contributed by atoms with Crippen LogP contribution in [-0.2, 0) is 0 Å². The molecule has 0 heterocycles. The van der Waals surface area contributed by atoms with Gasteiger partial charge in [-0.05, 0) is 44.1 Å². The van der Waals surface area contributed by atoms with Crippen LogP contribution in [-0.4, -0.2) is 30.1 Å². The molecule has 0 aromatic heterocycles. The molecule has 2 nitrogen and oxygen atoms in total. The molecular formula is C14H22ClNO. The van der Waals surface area contributed by atoms with Gasteiger partial charge in [0.15, 0.2) is 0 Å². The molecule has 1 aromatic carbocycles. The highest BCUT2D eigenvalue weighted by atomic mass is 35.5. The number of hydrogen-bond donors (Lipinski definition) is 1. The number of unbranched alkanes of at least 4 members (excludes halogenated alkanes) is 1. The van der Waals surface area contributed by atoms with E-state index in [9.17, 15) is 5.11 Å². The summed E-state index contributed by atoms with van der Waals surface area (Å²) in [5.74, 6) is 0. The Hall–Kier alpha value is -0.570. The highest BCUT2D eigenvalue weighted by Crippen LogP contribution is 2.21. The summed E-state index contributed by atoms with van der Waals surface area (Å²) in [6.45, 7) is 5.83. The highest BCUT2D eigenvalue weighted by molar-refractivity contribution is 6.31. The van der Waals surface area contributed by atoms with Gasteiger partial charge in [0, 0.05) is 11.6 Å². The number of aliphatic hydroxyl groups excluding tert-OH is 1. The van der Waals surface area contributed by atoms with E-state index in [0.717, 1.165) is 22.7 Å². The number of aliphatic hydroxyl groups is 1. The first-order chi connectivity index (χ1) is 8.04. The van der Waals surface area contributed by atoms with E-state index >= 15 is 0 Å². The van der Waals surface area contributed by atoms with Gasteiger partial charge in [-0.3, -0.25) is 0 Å². The zero-order valence-corrected chi connectivity index (χ0v) is 11.7. The van der Waals surface area contributed by atoms with Gasteiger partial charge in [-0.25, -0.2) is 0 Å². The fourth-order valence-corrected chi connectivity index (χ4v) is 1.91. The average molecular weight is 256 g/mol. The van der Waals surface area contributed by atoms with Crippen LogP contribution in [0.5, 0.6) is 0 Å². The molecule has 0 saturated heterocycles. The second kappa shape index (κ2) is 7.00. The lowest BCUT2D eigenvalue weighted by Crippen LogP contribution is -2.25. The molecule has 1 rings (SSSR count). The fraction of sp³-hybridized carbons (Fsp3) is 0.571. The van der Waals surface area contributed by atoms with Crippen LogP contribution in [0.4, 0.5) is 0 Å². The van der Waals surface area contributed by atoms with E-state index in [2.05, 4.69) is 11.8 Å². The molecule has 0 aliphatic carbocycles. The monoisotopic (exact) mass is 255 g/mol. The van der Waals surface area contributed by atoms with Gasteiger partial charge in [-0.1, -0.05) is 37.1 Å². The summed E-state index contributed by atoms with van der Waals surface area (Å²) in [7, 11) is 2.04. The van der Waals surface area contributed by atoms with Crippen LogP contribution in [0.3, 0.4) is 0 Å². The van der Waals surface area contributed by atoms with Crippen molar-refractivity contribution in [2.24, 2.45) is 0 Å². The van der Waals surface area contributed by atoms with Crippen LogP contribution >= 0.6 is 11.6 Å². The maximum Gasteiger partial charge on any atom is 0.0916 e. The van der Waals surface area contributed by atoms with E-state index in [4.69, 9.17) is 11.6 Å². The van der Waals surface area contributed by atoms with Crippen LogP contribution in [0.1, 0.15) is 37.0 Å². The fourth-order valence-electron chi connectivity index (χ4n) is 1.80. The first-order valence-electron chi connectivity index (χ1n) is 6.17. The van der Waals surface area contributed by atoms with Crippen LogP contribution in [0.2, 0.25) is 5.02 Å². The van der Waals surface area contributed by atoms with Gasteiger partial charge in [-0.15, -0.1) is 0 Å². The molecule has 0 bridgehead atoms. The lowest BCUT2D eigenvalue weighted by atomic mass is 10.1. The van der Waals surface area contributed by atoms with Crippen molar-refractivity contribution in [2.45, 2.75) is 32.8 Å². The average Bonchev–Trinajstić information content (AvgIpc) is 2.30. The first-order valence-corrected chi connectivity index (χ1v) is 6.55. The van der Waals surface area contributed by atoms with Crippen molar-refractivity contribution in [3.63, 3.8) is 0 Å².